The van der Waals surface area contributed by atoms with Crippen LogP contribution in [-0.2, 0) is 6.42 Å². The van der Waals surface area contributed by atoms with Crippen molar-refractivity contribution in [3.8, 4) is 11.5 Å². The van der Waals surface area contributed by atoms with Crippen LogP contribution in [0.25, 0.3) is 0 Å². The van der Waals surface area contributed by atoms with Gasteiger partial charge in [0.05, 0.1) is 0 Å². The summed E-state index contributed by atoms with van der Waals surface area (Å²) in [6, 6.07) is 13.2. The van der Waals surface area contributed by atoms with Crippen molar-refractivity contribution in [3.05, 3.63) is 53.6 Å². The van der Waals surface area contributed by atoms with E-state index in [-0.39, 0.29) is 11.6 Å². The van der Waals surface area contributed by atoms with Crippen LogP contribution in [-0.4, -0.2) is 36.7 Å². The first-order chi connectivity index (χ1) is 13.5. The molecular weight excluding hydrogens is 352 g/mol. The zero-order chi connectivity index (χ0) is 19.9. The van der Waals surface area contributed by atoms with Crippen LogP contribution in [0.1, 0.15) is 30.9 Å². The number of ether oxygens (including phenoxy) is 1. The van der Waals surface area contributed by atoms with Crippen molar-refractivity contribution < 1.29 is 9.84 Å². The van der Waals surface area contributed by atoms with Crippen LogP contribution in [0.2, 0.25) is 0 Å². The molecule has 6 N–H and O–H groups in total. The Morgan fingerprint density at radius 3 is 2.64 bits per heavy atom. The highest BCUT2D eigenvalue weighted by Gasteiger charge is 2.14. The molecule has 2 aromatic carbocycles. The second kappa shape index (κ2) is 9.46. The zero-order valence-electron chi connectivity index (χ0n) is 16.4. The first-order valence-electron chi connectivity index (χ1n) is 9.89. The van der Waals surface area contributed by atoms with Crippen LogP contribution in [0.15, 0.2) is 42.5 Å². The molecule has 2 aromatic rings. The molecule has 0 saturated carbocycles. The monoisotopic (exact) mass is 382 g/mol. The Labute approximate surface area is 166 Å². The summed E-state index contributed by atoms with van der Waals surface area (Å²) in [5, 5.41) is 24.4. The molecule has 0 aromatic heterocycles. The lowest BCUT2D eigenvalue weighted by molar-refractivity contribution is 0.162. The van der Waals surface area contributed by atoms with E-state index in [1.54, 1.807) is 18.2 Å². The number of hydrogen-bond acceptors (Lipinski definition) is 5. The van der Waals surface area contributed by atoms with Gasteiger partial charge in [0, 0.05) is 17.8 Å². The molecule has 0 spiro atoms. The summed E-state index contributed by atoms with van der Waals surface area (Å²) in [6.07, 6.45) is 3.11. The molecule has 0 bridgehead atoms. The maximum absolute atomic E-state index is 10.1. The van der Waals surface area contributed by atoms with E-state index in [1.165, 1.54) is 0 Å². The lowest BCUT2D eigenvalue weighted by atomic mass is 9.98. The third-order valence-electron chi connectivity index (χ3n) is 5.06. The summed E-state index contributed by atoms with van der Waals surface area (Å²) in [6.45, 7) is 4.94. The maximum atomic E-state index is 10.1. The number of phenolic OH excluding ortho intramolecular Hbond substituents is 1. The molecule has 1 heterocycles. The van der Waals surface area contributed by atoms with Gasteiger partial charge < -0.3 is 26.2 Å². The Morgan fingerprint density at radius 1 is 1.25 bits per heavy atom. The average molecular weight is 383 g/mol. The number of rotatable bonds is 8. The molecule has 1 unspecified atom stereocenters. The van der Waals surface area contributed by atoms with E-state index >= 15 is 0 Å². The first-order valence-corrected chi connectivity index (χ1v) is 9.89. The molecule has 3 rings (SSSR count). The van der Waals surface area contributed by atoms with Gasteiger partial charge >= 0.3 is 0 Å². The van der Waals surface area contributed by atoms with Gasteiger partial charge in [0.2, 0.25) is 0 Å². The Bertz CT molecular complexity index is 786. The third kappa shape index (κ3) is 5.63. The lowest BCUT2D eigenvalue weighted by Crippen LogP contribution is -2.34. The second-order valence-corrected chi connectivity index (χ2v) is 7.54. The van der Waals surface area contributed by atoms with Crippen LogP contribution in [0, 0.1) is 11.3 Å². The summed E-state index contributed by atoms with van der Waals surface area (Å²) in [7, 11) is 0. The van der Waals surface area contributed by atoms with Gasteiger partial charge in [-0.05, 0) is 86.3 Å². The fraction of sp³-hybridized carbons (Fsp3) is 0.409. The van der Waals surface area contributed by atoms with Gasteiger partial charge in [-0.1, -0.05) is 6.92 Å². The fourth-order valence-corrected chi connectivity index (χ4v) is 3.41. The first kappa shape index (κ1) is 20.0. The van der Waals surface area contributed by atoms with E-state index < -0.39 is 0 Å². The summed E-state index contributed by atoms with van der Waals surface area (Å²) < 4.78 is 6.04. The SMILES string of the molecule is CC(CNc1ccc(OC2CCNCC2)cc1)Cc1cc(C(=N)N)ccc1O. The number of nitrogen functional groups attached to an aromatic ring is 1. The topological polar surface area (TPSA) is 103 Å². The van der Waals surface area contributed by atoms with E-state index in [0.29, 0.717) is 24.0 Å². The number of anilines is 1. The predicted molar refractivity (Wildman–Crippen MR) is 113 cm³/mol. The van der Waals surface area contributed by atoms with E-state index in [0.717, 1.165) is 49.5 Å². The van der Waals surface area contributed by atoms with Crippen LogP contribution >= 0.6 is 0 Å². The fourth-order valence-electron chi connectivity index (χ4n) is 3.41. The van der Waals surface area contributed by atoms with Gasteiger partial charge in [0.1, 0.15) is 23.4 Å². The zero-order valence-corrected chi connectivity index (χ0v) is 16.4. The number of hydrogen-bond donors (Lipinski definition) is 5. The van der Waals surface area contributed by atoms with Crippen molar-refractivity contribution in [1.29, 1.82) is 5.41 Å². The van der Waals surface area contributed by atoms with E-state index in [9.17, 15) is 5.11 Å². The van der Waals surface area contributed by atoms with Crippen LogP contribution in [0.3, 0.4) is 0 Å². The Balaban J connectivity index is 1.49. The average Bonchev–Trinajstić information content (AvgIpc) is 2.70. The van der Waals surface area contributed by atoms with Gasteiger partial charge in [-0.15, -0.1) is 0 Å². The van der Waals surface area contributed by atoms with Crippen molar-refractivity contribution in [2.75, 3.05) is 25.0 Å². The lowest BCUT2D eigenvalue weighted by Gasteiger charge is -2.24. The minimum atomic E-state index is 0.0128. The Hall–Kier alpha value is -2.73. The van der Waals surface area contributed by atoms with Crippen molar-refractivity contribution in [3.63, 3.8) is 0 Å². The van der Waals surface area contributed by atoms with Crippen molar-refractivity contribution >= 4 is 11.5 Å². The smallest absolute Gasteiger partial charge is 0.122 e. The molecule has 1 fully saturated rings. The van der Waals surface area contributed by atoms with Crippen LogP contribution in [0.5, 0.6) is 11.5 Å². The van der Waals surface area contributed by atoms with Crippen molar-refractivity contribution in [2.45, 2.75) is 32.3 Å². The Kier molecular flexibility index (Phi) is 6.76. The molecule has 0 radical (unpaired) electrons. The van der Waals surface area contributed by atoms with Gasteiger partial charge in [0.25, 0.3) is 0 Å². The van der Waals surface area contributed by atoms with Crippen molar-refractivity contribution in [1.82, 2.24) is 5.32 Å². The number of nitrogens with one attached hydrogen (secondary N) is 3. The number of benzene rings is 2. The highest BCUT2D eigenvalue weighted by molar-refractivity contribution is 5.95. The predicted octanol–water partition coefficient (Wildman–Crippen LogP) is 3.10. The summed E-state index contributed by atoms with van der Waals surface area (Å²) in [4.78, 5) is 0. The standard InChI is InChI=1S/C22H30N4O2/c1-15(12-17-13-16(22(23)24)2-7-21(17)27)14-26-18-3-5-19(6-4-18)28-20-8-10-25-11-9-20/h2-7,13,15,20,25-27H,8-12,14H2,1H3,(H3,23,24). The Morgan fingerprint density at radius 2 is 1.96 bits per heavy atom. The third-order valence-corrected chi connectivity index (χ3v) is 5.06. The summed E-state index contributed by atoms with van der Waals surface area (Å²) in [5.41, 5.74) is 8.04. The molecule has 1 atom stereocenters. The highest BCUT2D eigenvalue weighted by Crippen LogP contribution is 2.23. The van der Waals surface area contributed by atoms with E-state index in [1.807, 2.05) is 24.3 Å². The van der Waals surface area contributed by atoms with Gasteiger partial charge in [-0.3, -0.25) is 5.41 Å². The van der Waals surface area contributed by atoms with Gasteiger partial charge in [-0.25, -0.2) is 0 Å². The molecule has 150 valence electrons. The number of phenols is 1. The number of nitrogens with two attached hydrogens (primary N) is 1. The second-order valence-electron chi connectivity index (χ2n) is 7.54. The highest BCUT2D eigenvalue weighted by atomic mass is 16.5. The molecule has 0 amide bonds. The van der Waals surface area contributed by atoms with Gasteiger partial charge in [0.15, 0.2) is 0 Å². The maximum Gasteiger partial charge on any atom is 0.122 e. The number of aromatic hydroxyl groups is 1. The molecule has 6 heteroatoms. The number of piperidine rings is 1. The summed E-state index contributed by atoms with van der Waals surface area (Å²) in [5.74, 6) is 1.48. The number of amidine groups is 1. The van der Waals surface area contributed by atoms with E-state index in [4.69, 9.17) is 15.9 Å². The van der Waals surface area contributed by atoms with Crippen molar-refractivity contribution in [2.24, 2.45) is 11.7 Å². The van der Waals surface area contributed by atoms with Gasteiger partial charge in [-0.2, -0.15) is 0 Å². The summed E-state index contributed by atoms with van der Waals surface area (Å²) >= 11 is 0. The quantitative estimate of drug-likeness (QED) is 0.357. The molecule has 0 aliphatic carbocycles. The molecule has 1 aliphatic heterocycles. The van der Waals surface area contributed by atoms with E-state index in [2.05, 4.69) is 17.6 Å². The van der Waals surface area contributed by atoms with Crippen LogP contribution in [0.4, 0.5) is 5.69 Å². The minimum absolute atomic E-state index is 0.0128. The largest absolute Gasteiger partial charge is 0.508 e. The molecule has 6 nitrogen and oxygen atoms in total. The minimum Gasteiger partial charge on any atom is -0.508 e. The normalized spacial score (nSPS) is 15.8. The molecule has 1 saturated heterocycles. The molecular formula is C22H30N4O2. The molecule has 28 heavy (non-hydrogen) atoms. The van der Waals surface area contributed by atoms with Crippen LogP contribution < -0.4 is 21.1 Å². The molecule has 1 aliphatic rings.